The Kier molecular flexibility index (Phi) is 3.85. The second kappa shape index (κ2) is 5.94. The van der Waals surface area contributed by atoms with E-state index in [1.807, 2.05) is 29.8 Å². The molecule has 0 saturated carbocycles. The Labute approximate surface area is 129 Å². The predicted molar refractivity (Wildman–Crippen MR) is 84.3 cm³/mol. The highest BCUT2D eigenvalue weighted by atomic mass is 35.5. The molecule has 0 unspecified atom stereocenters. The first-order chi connectivity index (χ1) is 10.2. The van der Waals surface area contributed by atoms with E-state index in [4.69, 9.17) is 11.6 Å². The van der Waals surface area contributed by atoms with E-state index in [9.17, 15) is 4.79 Å². The number of aromatic nitrogens is 2. The number of carbonyl (C=O) groups is 1. The Balaban J connectivity index is 1.65. The maximum atomic E-state index is 11.7. The minimum atomic E-state index is -0.431. The zero-order valence-electron chi connectivity index (χ0n) is 10.7. The summed E-state index contributed by atoms with van der Waals surface area (Å²) in [5, 5.41) is 8.76. The lowest BCUT2D eigenvalue weighted by molar-refractivity contribution is 0.252. The highest BCUT2D eigenvalue weighted by Gasteiger charge is 2.08. The molecule has 2 heterocycles. The number of fused-ring (bicyclic) bond motifs is 1. The normalized spacial score (nSPS) is 11.1. The zero-order valence-corrected chi connectivity index (χ0v) is 12.2. The first kappa shape index (κ1) is 13.6. The van der Waals surface area contributed by atoms with E-state index in [-0.39, 0.29) is 0 Å². The summed E-state index contributed by atoms with van der Waals surface area (Å²) in [5.41, 5.74) is 3.68. The first-order valence-electron chi connectivity index (χ1n) is 6.00. The third kappa shape index (κ3) is 3.04. The summed E-state index contributed by atoms with van der Waals surface area (Å²) in [6.07, 6.45) is 3.30. The van der Waals surface area contributed by atoms with Gasteiger partial charge in [0.25, 0.3) is 0 Å². The van der Waals surface area contributed by atoms with Crippen molar-refractivity contribution in [3.8, 4) is 0 Å². The van der Waals surface area contributed by atoms with Gasteiger partial charge < -0.3 is 5.32 Å². The molecule has 2 N–H and O–H groups in total. The van der Waals surface area contributed by atoms with Crippen LogP contribution in [0.25, 0.3) is 4.96 Å². The van der Waals surface area contributed by atoms with Gasteiger partial charge in [-0.15, -0.1) is 11.3 Å². The number of nitrogens with one attached hydrogen (secondary N) is 2. The Morgan fingerprint density at radius 3 is 3.00 bits per heavy atom. The van der Waals surface area contributed by atoms with Crippen molar-refractivity contribution in [1.82, 2.24) is 14.8 Å². The molecule has 0 aliphatic rings. The van der Waals surface area contributed by atoms with Gasteiger partial charge in [-0.1, -0.05) is 29.8 Å². The SMILES string of the molecule is O=C(N/N=C\c1c(Cl)nc2sccn12)Nc1ccccc1. The largest absolute Gasteiger partial charge is 0.339 e. The highest BCUT2D eigenvalue weighted by Crippen LogP contribution is 2.19. The molecule has 0 atom stereocenters. The smallest absolute Gasteiger partial charge is 0.307 e. The van der Waals surface area contributed by atoms with Crippen molar-refractivity contribution in [3.63, 3.8) is 0 Å². The fourth-order valence-electron chi connectivity index (χ4n) is 1.72. The van der Waals surface area contributed by atoms with Crippen LogP contribution in [-0.4, -0.2) is 21.6 Å². The molecule has 2 amide bonds. The third-order valence-corrected chi connectivity index (χ3v) is 3.67. The maximum absolute atomic E-state index is 11.7. The van der Waals surface area contributed by atoms with E-state index >= 15 is 0 Å². The standard InChI is InChI=1S/C13H10ClN5OS/c14-11-10(19-6-7-21-13(19)17-11)8-15-18-12(20)16-9-4-2-1-3-5-9/h1-8H,(H2,16,18,20)/b15-8-. The van der Waals surface area contributed by atoms with Gasteiger partial charge in [-0.25, -0.2) is 15.2 Å². The van der Waals surface area contributed by atoms with Crippen LogP contribution in [0, 0.1) is 0 Å². The molecule has 2 aromatic heterocycles. The number of hydrogen-bond donors (Lipinski definition) is 2. The van der Waals surface area contributed by atoms with Gasteiger partial charge in [0.1, 0.15) is 5.69 Å². The molecular formula is C13H10ClN5OS. The van der Waals surface area contributed by atoms with Gasteiger partial charge in [0.2, 0.25) is 0 Å². The molecule has 6 nitrogen and oxygen atoms in total. The monoisotopic (exact) mass is 319 g/mol. The number of para-hydroxylation sites is 1. The molecule has 0 spiro atoms. The molecule has 3 rings (SSSR count). The number of halogens is 1. The molecule has 0 saturated heterocycles. The van der Waals surface area contributed by atoms with Gasteiger partial charge in [0.05, 0.1) is 6.21 Å². The average Bonchev–Trinajstić information content (AvgIpc) is 3.02. The third-order valence-electron chi connectivity index (χ3n) is 2.64. The molecule has 0 bridgehead atoms. The van der Waals surface area contributed by atoms with Crippen molar-refractivity contribution in [2.75, 3.05) is 5.32 Å². The Morgan fingerprint density at radius 2 is 2.19 bits per heavy atom. The van der Waals surface area contributed by atoms with Crippen molar-refractivity contribution in [2.24, 2.45) is 5.10 Å². The molecule has 0 radical (unpaired) electrons. The van der Waals surface area contributed by atoms with E-state index in [1.165, 1.54) is 17.6 Å². The van der Waals surface area contributed by atoms with Crippen LogP contribution in [0.5, 0.6) is 0 Å². The molecule has 0 aliphatic heterocycles. The minimum absolute atomic E-state index is 0.343. The molecule has 1 aromatic carbocycles. The van der Waals surface area contributed by atoms with Gasteiger partial charge in [0, 0.05) is 17.3 Å². The molecule has 0 aliphatic carbocycles. The lowest BCUT2D eigenvalue weighted by atomic mass is 10.3. The average molecular weight is 320 g/mol. The van der Waals surface area contributed by atoms with Gasteiger partial charge in [-0.05, 0) is 12.1 Å². The highest BCUT2D eigenvalue weighted by molar-refractivity contribution is 7.15. The fraction of sp³-hybridized carbons (Fsp3) is 0. The van der Waals surface area contributed by atoms with E-state index in [0.717, 1.165) is 4.96 Å². The predicted octanol–water partition coefficient (Wildman–Crippen LogP) is 3.20. The number of rotatable bonds is 3. The molecule has 0 fully saturated rings. The van der Waals surface area contributed by atoms with Crippen molar-refractivity contribution < 1.29 is 4.79 Å². The number of hydrogen-bond acceptors (Lipinski definition) is 4. The summed E-state index contributed by atoms with van der Waals surface area (Å²) in [6, 6.07) is 8.67. The van der Waals surface area contributed by atoms with Crippen LogP contribution in [-0.2, 0) is 0 Å². The van der Waals surface area contributed by atoms with Crippen molar-refractivity contribution in [3.05, 3.63) is 52.8 Å². The van der Waals surface area contributed by atoms with E-state index in [0.29, 0.717) is 16.5 Å². The number of benzene rings is 1. The molecule has 3 aromatic rings. The summed E-state index contributed by atoms with van der Waals surface area (Å²) < 4.78 is 1.80. The second-order valence-corrected chi connectivity index (χ2v) is 5.26. The quantitative estimate of drug-likeness (QED) is 0.575. The number of anilines is 1. The van der Waals surface area contributed by atoms with Crippen molar-refractivity contribution in [2.45, 2.75) is 0 Å². The van der Waals surface area contributed by atoms with Gasteiger partial charge in [-0.2, -0.15) is 5.10 Å². The van der Waals surface area contributed by atoms with Gasteiger partial charge in [-0.3, -0.25) is 4.40 Å². The summed E-state index contributed by atoms with van der Waals surface area (Å²) in [6.45, 7) is 0. The molecule has 21 heavy (non-hydrogen) atoms. The lowest BCUT2D eigenvalue weighted by Gasteiger charge is -2.02. The van der Waals surface area contributed by atoms with Crippen LogP contribution in [0.3, 0.4) is 0 Å². The Hall–Kier alpha value is -2.38. The number of hydrazone groups is 1. The topological polar surface area (TPSA) is 70.8 Å². The van der Waals surface area contributed by atoms with Crippen LogP contribution < -0.4 is 10.7 Å². The second-order valence-electron chi connectivity index (χ2n) is 4.03. The van der Waals surface area contributed by atoms with Crippen LogP contribution in [0.2, 0.25) is 5.15 Å². The van der Waals surface area contributed by atoms with Gasteiger partial charge >= 0.3 is 6.03 Å². The van der Waals surface area contributed by atoms with Crippen molar-refractivity contribution in [1.29, 1.82) is 0 Å². The van der Waals surface area contributed by atoms with Crippen LogP contribution in [0.4, 0.5) is 10.5 Å². The number of urea groups is 1. The van der Waals surface area contributed by atoms with Crippen LogP contribution in [0.1, 0.15) is 5.69 Å². The van der Waals surface area contributed by atoms with E-state index in [1.54, 1.807) is 16.5 Å². The van der Waals surface area contributed by atoms with Crippen LogP contribution in [0.15, 0.2) is 47.0 Å². The Morgan fingerprint density at radius 1 is 1.38 bits per heavy atom. The van der Waals surface area contributed by atoms with Crippen LogP contribution >= 0.6 is 22.9 Å². The lowest BCUT2D eigenvalue weighted by Crippen LogP contribution is -2.24. The van der Waals surface area contributed by atoms with E-state index < -0.39 is 6.03 Å². The maximum Gasteiger partial charge on any atom is 0.339 e. The number of carbonyl (C=O) groups excluding carboxylic acids is 1. The minimum Gasteiger partial charge on any atom is -0.307 e. The molecule has 106 valence electrons. The fourth-order valence-corrected chi connectivity index (χ4v) is 2.72. The summed E-state index contributed by atoms with van der Waals surface area (Å²) in [5.74, 6) is 0. The summed E-state index contributed by atoms with van der Waals surface area (Å²) in [4.78, 5) is 16.6. The molecule has 8 heteroatoms. The number of nitrogens with zero attached hydrogens (tertiary/aromatic N) is 3. The summed E-state index contributed by atoms with van der Waals surface area (Å²) >= 11 is 7.48. The number of amides is 2. The first-order valence-corrected chi connectivity index (χ1v) is 7.26. The molecular weight excluding hydrogens is 310 g/mol. The zero-order chi connectivity index (χ0) is 14.7. The number of imidazole rings is 1. The summed E-state index contributed by atoms with van der Waals surface area (Å²) in [7, 11) is 0. The Bertz CT molecular complexity index is 795. The van der Waals surface area contributed by atoms with Gasteiger partial charge in [0.15, 0.2) is 10.1 Å². The number of thiazole rings is 1. The van der Waals surface area contributed by atoms with Crippen molar-refractivity contribution >= 4 is 45.8 Å². The van der Waals surface area contributed by atoms with E-state index in [2.05, 4.69) is 20.8 Å².